The van der Waals surface area contributed by atoms with Gasteiger partial charge in [-0.2, -0.15) is 5.26 Å². The Morgan fingerprint density at radius 2 is 2.11 bits per heavy atom. The third-order valence-corrected chi connectivity index (χ3v) is 3.00. The van der Waals surface area contributed by atoms with Crippen LogP contribution in [0.3, 0.4) is 0 Å². The second-order valence-corrected chi connectivity index (χ2v) is 4.92. The number of nitrogens with one attached hydrogen (secondary N) is 1. The molecule has 1 atom stereocenters. The summed E-state index contributed by atoms with van der Waals surface area (Å²) in [6, 6.07) is 10.3. The van der Waals surface area contributed by atoms with Gasteiger partial charge in [0.15, 0.2) is 0 Å². The maximum absolute atomic E-state index is 8.87. The summed E-state index contributed by atoms with van der Waals surface area (Å²) in [6.07, 6.45) is 2.39. The normalized spacial score (nSPS) is 12.4. The molecule has 0 aromatic heterocycles. The minimum absolute atomic E-state index is 0.303. The maximum Gasteiger partial charge on any atom is 0.0991 e. The van der Waals surface area contributed by atoms with Crippen LogP contribution in [0.15, 0.2) is 24.3 Å². The van der Waals surface area contributed by atoms with E-state index < -0.39 is 0 Å². The van der Waals surface area contributed by atoms with E-state index >= 15 is 0 Å². The van der Waals surface area contributed by atoms with Crippen molar-refractivity contribution in [3.05, 3.63) is 35.4 Å². The monoisotopic (exact) mass is 245 g/mol. The number of nitrogens with zero attached hydrogens (tertiary/aromatic N) is 2. The molecule has 0 spiro atoms. The molecule has 1 aromatic carbocycles. The summed E-state index contributed by atoms with van der Waals surface area (Å²) >= 11 is 0. The van der Waals surface area contributed by atoms with Crippen molar-refractivity contribution in [2.75, 3.05) is 27.2 Å². The van der Waals surface area contributed by atoms with Gasteiger partial charge in [-0.1, -0.05) is 12.1 Å². The molecule has 3 heteroatoms. The highest BCUT2D eigenvalue weighted by Gasteiger charge is 2.04. The van der Waals surface area contributed by atoms with Crippen LogP contribution in [0.2, 0.25) is 0 Å². The average Bonchev–Trinajstić information content (AvgIpc) is 2.37. The Morgan fingerprint density at radius 1 is 1.33 bits per heavy atom. The molecule has 0 amide bonds. The van der Waals surface area contributed by atoms with Crippen LogP contribution >= 0.6 is 0 Å². The smallest absolute Gasteiger partial charge is 0.0991 e. The SMILES string of the molecule is CC(NCCCCN(C)C)c1cccc(C#N)c1. The molecule has 1 rings (SSSR count). The first kappa shape index (κ1) is 14.7. The number of rotatable bonds is 7. The van der Waals surface area contributed by atoms with Gasteiger partial charge in [-0.05, 0) is 64.6 Å². The zero-order valence-electron chi connectivity index (χ0n) is 11.6. The third-order valence-electron chi connectivity index (χ3n) is 3.00. The highest BCUT2D eigenvalue weighted by atomic mass is 15.0. The molecule has 0 aliphatic rings. The summed E-state index contributed by atoms with van der Waals surface area (Å²) in [6.45, 7) is 4.30. The summed E-state index contributed by atoms with van der Waals surface area (Å²) in [5.74, 6) is 0. The molecule has 0 saturated carbocycles. The summed E-state index contributed by atoms with van der Waals surface area (Å²) < 4.78 is 0. The Bertz CT molecular complexity index is 393. The summed E-state index contributed by atoms with van der Waals surface area (Å²) in [5, 5.41) is 12.4. The number of benzene rings is 1. The van der Waals surface area contributed by atoms with Crippen LogP contribution in [-0.2, 0) is 0 Å². The van der Waals surface area contributed by atoms with Crippen molar-refractivity contribution in [2.45, 2.75) is 25.8 Å². The van der Waals surface area contributed by atoms with Gasteiger partial charge in [-0.25, -0.2) is 0 Å². The van der Waals surface area contributed by atoms with E-state index in [1.807, 2.05) is 18.2 Å². The van der Waals surface area contributed by atoms with Gasteiger partial charge in [0.1, 0.15) is 0 Å². The Kier molecular flexibility index (Phi) is 6.42. The summed E-state index contributed by atoms with van der Waals surface area (Å²) in [4.78, 5) is 2.21. The topological polar surface area (TPSA) is 39.1 Å². The van der Waals surface area contributed by atoms with Crippen molar-refractivity contribution in [1.29, 1.82) is 5.26 Å². The minimum atomic E-state index is 0.303. The van der Waals surface area contributed by atoms with Crippen LogP contribution in [0.25, 0.3) is 0 Å². The lowest BCUT2D eigenvalue weighted by Crippen LogP contribution is -2.21. The molecular weight excluding hydrogens is 222 g/mol. The highest BCUT2D eigenvalue weighted by Crippen LogP contribution is 2.13. The van der Waals surface area contributed by atoms with Gasteiger partial charge >= 0.3 is 0 Å². The maximum atomic E-state index is 8.87. The van der Waals surface area contributed by atoms with Crippen LogP contribution in [0, 0.1) is 11.3 Å². The molecule has 1 aromatic rings. The average molecular weight is 245 g/mol. The van der Waals surface area contributed by atoms with Gasteiger partial charge in [0.2, 0.25) is 0 Å². The Balaban J connectivity index is 2.32. The zero-order valence-corrected chi connectivity index (χ0v) is 11.6. The predicted molar refractivity (Wildman–Crippen MR) is 75.4 cm³/mol. The molecule has 0 aliphatic carbocycles. The fraction of sp³-hybridized carbons (Fsp3) is 0.533. The second kappa shape index (κ2) is 7.86. The fourth-order valence-electron chi connectivity index (χ4n) is 1.87. The predicted octanol–water partition coefficient (Wildman–Crippen LogP) is 2.55. The van der Waals surface area contributed by atoms with Gasteiger partial charge < -0.3 is 10.2 Å². The first-order valence-electron chi connectivity index (χ1n) is 6.51. The van der Waals surface area contributed by atoms with E-state index in [-0.39, 0.29) is 0 Å². The lowest BCUT2D eigenvalue weighted by atomic mass is 10.1. The molecule has 1 N–H and O–H groups in total. The number of hydrogen-bond acceptors (Lipinski definition) is 3. The Labute approximate surface area is 110 Å². The summed E-state index contributed by atoms with van der Waals surface area (Å²) in [5.41, 5.74) is 1.91. The van der Waals surface area contributed by atoms with Crippen molar-refractivity contribution in [3.63, 3.8) is 0 Å². The van der Waals surface area contributed by atoms with Crippen molar-refractivity contribution < 1.29 is 0 Å². The lowest BCUT2D eigenvalue weighted by molar-refractivity contribution is 0.389. The fourth-order valence-corrected chi connectivity index (χ4v) is 1.87. The number of hydrogen-bond donors (Lipinski definition) is 1. The first-order valence-corrected chi connectivity index (χ1v) is 6.51. The van der Waals surface area contributed by atoms with Crippen LogP contribution < -0.4 is 5.32 Å². The van der Waals surface area contributed by atoms with E-state index in [2.05, 4.69) is 43.4 Å². The third kappa shape index (κ3) is 5.31. The highest BCUT2D eigenvalue weighted by molar-refractivity contribution is 5.33. The van der Waals surface area contributed by atoms with Crippen LogP contribution in [0.1, 0.15) is 36.9 Å². The van der Waals surface area contributed by atoms with Gasteiger partial charge in [0.05, 0.1) is 11.6 Å². The molecule has 1 unspecified atom stereocenters. The molecule has 98 valence electrons. The van der Waals surface area contributed by atoms with Crippen LogP contribution in [0.4, 0.5) is 0 Å². The molecule has 0 radical (unpaired) electrons. The van der Waals surface area contributed by atoms with Crippen molar-refractivity contribution in [2.24, 2.45) is 0 Å². The van der Waals surface area contributed by atoms with Gasteiger partial charge in [0, 0.05) is 6.04 Å². The number of unbranched alkanes of at least 4 members (excludes halogenated alkanes) is 1. The number of nitriles is 1. The molecule has 3 nitrogen and oxygen atoms in total. The van der Waals surface area contributed by atoms with Gasteiger partial charge in [0.25, 0.3) is 0 Å². The molecule has 0 bridgehead atoms. The standard InChI is InChI=1S/C15H23N3/c1-13(17-9-4-5-10-18(2)3)15-8-6-7-14(11-15)12-16/h6-8,11,13,17H,4-5,9-10H2,1-3H3. The zero-order chi connectivity index (χ0) is 13.4. The quantitative estimate of drug-likeness (QED) is 0.750. The Hall–Kier alpha value is -1.37. The molecule has 0 heterocycles. The van der Waals surface area contributed by atoms with E-state index in [1.54, 1.807) is 0 Å². The van der Waals surface area contributed by atoms with E-state index in [0.29, 0.717) is 6.04 Å². The molecule has 0 saturated heterocycles. The largest absolute Gasteiger partial charge is 0.310 e. The second-order valence-electron chi connectivity index (χ2n) is 4.92. The van der Waals surface area contributed by atoms with E-state index in [4.69, 9.17) is 5.26 Å². The Morgan fingerprint density at radius 3 is 2.78 bits per heavy atom. The lowest BCUT2D eigenvalue weighted by Gasteiger charge is -2.15. The van der Waals surface area contributed by atoms with Crippen molar-refractivity contribution >= 4 is 0 Å². The van der Waals surface area contributed by atoms with Crippen molar-refractivity contribution in [3.8, 4) is 6.07 Å². The van der Waals surface area contributed by atoms with E-state index in [0.717, 1.165) is 18.7 Å². The van der Waals surface area contributed by atoms with Crippen LogP contribution in [-0.4, -0.2) is 32.1 Å². The summed E-state index contributed by atoms with van der Waals surface area (Å²) in [7, 11) is 4.20. The van der Waals surface area contributed by atoms with E-state index in [9.17, 15) is 0 Å². The molecule has 18 heavy (non-hydrogen) atoms. The van der Waals surface area contributed by atoms with Crippen molar-refractivity contribution in [1.82, 2.24) is 10.2 Å². The van der Waals surface area contributed by atoms with E-state index in [1.165, 1.54) is 18.4 Å². The molecule has 0 aliphatic heterocycles. The van der Waals surface area contributed by atoms with Crippen LogP contribution in [0.5, 0.6) is 0 Å². The van der Waals surface area contributed by atoms with Gasteiger partial charge in [-0.3, -0.25) is 0 Å². The molecule has 0 fully saturated rings. The minimum Gasteiger partial charge on any atom is -0.310 e. The molecular formula is C15H23N3. The van der Waals surface area contributed by atoms with Gasteiger partial charge in [-0.15, -0.1) is 0 Å². The first-order chi connectivity index (χ1) is 8.63.